The van der Waals surface area contributed by atoms with Crippen molar-refractivity contribution in [1.82, 2.24) is 9.55 Å². The molecular formula is C19H17N3O3S2. The lowest BCUT2D eigenvalue weighted by Gasteiger charge is -2.06. The number of benzene rings is 2. The number of rotatable bonds is 6. The maximum absolute atomic E-state index is 12.2. The van der Waals surface area contributed by atoms with Gasteiger partial charge in [-0.05, 0) is 43.0 Å². The predicted molar refractivity (Wildman–Crippen MR) is 110 cm³/mol. The molecule has 0 spiro atoms. The summed E-state index contributed by atoms with van der Waals surface area (Å²) in [6.07, 6.45) is 2.87. The summed E-state index contributed by atoms with van der Waals surface area (Å²) < 4.78 is 8.83. The van der Waals surface area contributed by atoms with Crippen LogP contribution in [0.25, 0.3) is 21.3 Å². The zero-order chi connectivity index (χ0) is 18.8. The van der Waals surface area contributed by atoms with Gasteiger partial charge in [0.2, 0.25) is 5.91 Å². The molecule has 2 aromatic carbocycles. The fourth-order valence-corrected chi connectivity index (χ4v) is 4.44. The van der Waals surface area contributed by atoms with Crippen molar-refractivity contribution < 1.29 is 9.21 Å². The smallest absolute Gasteiger partial charge is 0.408 e. The molecule has 2 heterocycles. The molecule has 0 aliphatic rings. The lowest BCUT2D eigenvalue weighted by Crippen LogP contribution is -2.17. The van der Waals surface area contributed by atoms with Crippen molar-refractivity contribution in [3.8, 4) is 0 Å². The fourth-order valence-electron chi connectivity index (χ4n) is 2.92. The highest BCUT2D eigenvalue weighted by Gasteiger charge is 2.10. The van der Waals surface area contributed by atoms with Gasteiger partial charge in [0.1, 0.15) is 0 Å². The van der Waals surface area contributed by atoms with Gasteiger partial charge in [-0.1, -0.05) is 23.9 Å². The van der Waals surface area contributed by atoms with Gasteiger partial charge < -0.3 is 9.73 Å². The van der Waals surface area contributed by atoms with Gasteiger partial charge >= 0.3 is 5.76 Å². The standard InChI is InChI=1S/C19H17N3O3S2/c1-26-18-21-13-9-8-12(11-16(13)27-18)20-17(23)7-4-10-22-14-5-2-3-6-15(14)25-19(22)24/h2-3,5-6,8-9,11H,4,7,10H2,1H3,(H,20,23). The van der Waals surface area contributed by atoms with Gasteiger partial charge in [0.05, 0.1) is 15.7 Å². The minimum Gasteiger partial charge on any atom is -0.408 e. The largest absolute Gasteiger partial charge is 0.419 e. The van der Waals surface area contributed by atoms with Crippen LogP contribution in [0.3, 0.4) is 0 Å². The number of carbonyl (C=O) groups excluding carboxylic acids is 1. The molecule has 0 aliphatic carbocycles. The van der Waals surface area contributed by atoms with Gasteiger partial charge in [0.25, 0.3) is 0 Å². The SMILES string of the molecule is CSc1nc2ccc(NC(=O)CCCn3c(=O)oc4ccccc43)cc2s1. The Balaban J connectivity index is 1.38. The van der Waals surface area contributed by atoms with Gasteiger partial charge in [0.15, 0.2) is 9.92 Å². The molecule has 0 aliphatic heterocycles. The number of thioether (sulfide) groups is 1. The van der Waals surface area contributed by atoms with E-state index in [0.717, 1.165) is 25.8 Å². The Labute approximate surface area is 163 Å². The zero-order valence-electron chi connectivity index (χ0n) is 14.6. The minimum atomic E-state index is -0.392. The van der Waals surface area contributed by atoms with E-state index in [2.05, 4.69) is 10.3 Å². The third kappa shape index (κ3) is 3.77. The first-order valence-corrected chi connectivity index (χ1v) is 10.5. The molecule has 0 unspecified atom stereocenters. The molecule has 4 aromatic rings. The summed E-state index contributed by atoms with van der Waals surface area (Å²) in [5, 5.41) is 2.92. The van der Waals surface area contributed by atoms with E-state index in [9.17, 15) is 9.59 Å². The molecule has 8 heteroatoms. The van der Waals surface area contributed by atoms with Crippen LogP contribution in [0.4, 0.5) is 5.69 Å². The third-order valence-corrected chi connectivity index (χ3v) is 6.19. The molecule has 1 amide bonds. The van der Waals surface area contributed by atoms with E-state index in [4.69, 9.17) is 4.42 Å². The van der Waals surface area contributed by atoms with Crippen LogP contribution in [0.15, 0.2) is 56.0 Å². The van der Waals surface area contributed by atoms with Crippen molar-refractivity contribution in [2.45, 2.75) is 23.7 Å². The number of anilines is 1. The molecule has 6 nitrogen and oxygen atoms in total. The summed E-state index contributed by atoms with van der Waals surface area (Å²) in [5.74, 6) is -0.471. The number of fused-ring (bicyclic) bond motifs is 2. The topological polar surface area (TPSA) is 77.1 Å². The molecule has 0 saturated heterocycles. The van der Waals surface area contributed by atoms with E-state index in [1.807, 2.05) is 42.7 Å². The Morgan fingerprint density at radius 3 is 3.00 bits per heavy atom. The summed E-state index contributed by atoms with van der Waals surface area (Å²) >= 11 is 3.22. The Morgan fingerprint density at radius 1 is 1.30 bits per heavy atom. The fraction of sp³-hybridized carbons (Fsp3) is 0.211. The second-order valence-corrected chi connectivity index (χ2v) is 8.09. The molecule has 0 fully saturated rings. The van der Waals surface area contributed by atoms with E-state index < -0.39 is 5.76 Å². The molecule has 0 radical (unpaired) electrons. The Kier molecular flexibility index (Phi) is 5.00. The molecule has 27 heavy (non-hydrogen) atoms. The number of carbonyl (C=O) groups is 1. The number of nitrogens with zero attached hydrogens (tertiary/aromatic N) is 2. The molecule has 138 valence electrons. The first-order chi connectivity index (χ1) is 13.1. The maximum atomic E-state index is 12.2. The third-order valence-electron chi connectivity index (χ3n) is 4.19. The first kappa shape index (κ1) is 17.8. The van der Waals surface area contributed by atoms with Crippen LogP contribution in [0, 0.1) is 0 Å². The molecule has 0 saturated carbocycles. The van der Waals surface area contributed by atoms with Gasteiger partial charge in [-0.3, -0.25) is 9.36 Å². The number of nitrogens with one attached hydrogen (secondary N) is 1. The molecule has 0 atom stereocenters. The number of hydrogen-bond donors (Lipinski definition) is 1. The van der Waals surface area contributed by atoms with E-state index in [0.29, 0.717) is 25.0 Å². The van der Waals surface area contributed by atoms with Crippen molar-refractivity contribution in [3.63, 3.8) is 0 Å². The quantitative estimate of drug-likeness (QED) is 0.488. The summed E-state index contributed by atoms with van der Waals surface area (Å²) in [5.41, 5.74) is 3.01. The number of amides is 1. The monoisotopic (exact) mass is 399 g/mol. The average molecular weight is 399 g/mol. The van der Waals surface area contributed by atoms with E-state index in [-0.39, 0.29) is 5.91 Å². The normalized spacial score (nSPS) is 11.3. The van der Waals surface area contributed by atoms with E-state index in [1.165, 1.54) is 0 Å². The van der Waals surface area contributed by atoms with Crippen LogP contribution < -0.4 is 11.1 Å². The van der Waals surface area contributed by atoms with E-state index in [1.54, 1.807) is 33.7 Å². The van der Waals surface area contributed by atoms with Crippen molar-refractivity contribution in [1.29, 1.82) is 0 Å². The summed E-state index contributed by atoms with van der Waals surface area (Å²) in [7, 11) is 0. The van der Waals surface area contributed by atoms with Crippen LogP contribution in [0.2, 0.25) is 0 Å². The highest BCUT2D eigenvalue weighted by Crippen LogP contribution is 2.30. The van der Waals surface area contributed by atoms with Gasteiger partial charge in [-0.25, -0.2) is 9.78 Å². The number of hydrogen-bond acceptors (Lipinski definition) is 6. The lowest BCUT2D eigenvalue weighted by atomic mass is 10.2. The van der Waals surface area contributed by atoms with Crippen LogP contribution >= 0.6 is 23.1 Å². The van der Waals surface area contributed by atoms with Crippen LogP contribution in [-0.2, 0) is 11.3 Å². The Morgan fingerprint density at radius 2 is 2.15 bits per heavy atom. The van der Waals surface area contributed by atoms with Crippen LogP contribution in [-0.4, -0.2) is 21.7 Å². The molecular weight excluding hydrogens is 382 g/mol. The second-order valence-electron chi connectivity index (χ2n) is 6.01. The van der Waals surface area contributed by atoms with Crippen molar-refractivity contribution in [3.05, 3.63) is 53.0 Å². The summed E-state index contributed by atoms with van der Waals surface area (Å²) in [6.45, 7) is 0.439. The molecule has 1 N–H and O–H groups in total. The van der Waals surface area contributed by atoms with Gasteiger partial charge in [-0.2, -0.15) is 0 Å². The number of aromatic nitrogens is 2. The van der Waals surface area contributed by atoms with Gasteiger partial charge in [-0.15, -0.1) is 11.3 Å². The number of para-hydroxylation sites is 2. The van der Waals surface area contributed by atoms with Crippen molar-refractivity contribution in [2.24, 2.45) is 0 Å². The van der Waals surface area contributed by atoms with Gasteiger partial charge in [0, 0.05) is 18.7 Å². The van der Waals surface area contributed by atoms with Crippen LogP contribution in [0.1, 0.15) is 12.8 Å². The highest BCUT2D eigenvalue weighted by atomic mass is 32.2. The predicted octanol–water partition coefficient (Wildman–Crippen LogP) is 4.35. The molecule has 4 rings (SSSR count). The van der Waals surface area contributed by atoms with E-state index >= 15 is 0 Å². The number of thiazole rings is 1. The van der Waals surface area contributed by atoms with Crippen molar-refractivity contribution in [2.75, 3.05) is 11.6 Å². The lowest BCUT2D eigenvalue weighted by molar-refractivity contribution is -0.116. The molecule has 2 aromatic heterocycles. The highest BCUT2D eigenvalue weighted by molar-refractivity contribution is 8.00. The maximum Gasteiger partial charge on any atom is 0.419 e. The Bertz CT molecular complexity index is 1180. The summed E-state index contributed by atoms with van der Waals surface area (Å²) in [4.78, 5) is 28.7. The number of aryl methyl sites for hydroxylation is 1. The van der Waals surface area contributed by atoms with Crippen LogP contribution in [0.5, 0.6) is 0 Å². The first-order valence-electron chi connectivity index (χ1n) is 8.47. The zero-order valence-corrected chi connectivity index (χ0v) is 16.2. The van der Waals surface area contributed by atoms with Crippen molar-refractivity contribution >= 4 is 56.0 Å². The number of oxazole rings is 1. The minimum absolute atomic E-state index is 0.0789. The summed E-state index contributed by atoms with van der Waals surface area (Å²) in [6, 6.07) is 13.0. The molecule has 0 bridgehead atoms. The Hall–Kier alpha value is -2.58. The second kappa shape index (κ2) is 7.58. The average Bonchev–Trinajstić information content (AvgIpc) is 3.22.